The first-order valence-corrected chi connectivity index (χ1v) is 6.93. The SMILES string of the molecule is COC1(CNc2c(C(=O)O)nnc3ccccc23)CCC1. The lowest BCUT2D eigenvalue weighted by atomic mass is 9.80. The standard InChI is InChI=1S/C15H17N3O3/c1-21-15(7-4-8-15)9-16-12-10-5-2-3-6-11(10)17-18-13(12)14(19)20/h2-3,5-6H,4,7-9H2,1H3,(H,16,17)(H,19,20). The number of aromatic carboxylic acids is 1. The number of carboxylic acid groups (broad SMARTS) is 1. The van der Waals surface area contributed by atoms with E-state index in [2.05, 4.69) is 15.5 Å². The van der Waals surface area contributed by atoms with E-state index in [0.29, 0.717) is 17.7 Å². The molecule has 1 aromatic heterocycles. The molecule has 0 atom stereocenters. The van der Waals surface area contributed by atoms with Crippen LogP contribution >= 0.6 is 0 Å². The highest BCUT2D eigenvalue weighted by Gasteiger charge is 2.37. The summed E-state index contributed by atoms with van der Waals surface area (Å²) in [5, 5.41) is 21.1. The van der Waals surface area contributed by atoms with Gasteiger partial charge in [0.15, 0.2) is 5.69 Å². The van der Waals surface area contributed by atoms with Gasteiger partial charge < -0.3 is 15.2 Å². The van der Waals surface area contributed by atoms with E-state index in [-0.39, 0.29) is 11.3 Å². The molecule has 1 aliphatic carbocycles. The van der Waals surface area contributed by atoms with Crippen LogP contribution in [0.25, 0.3) is 10.9 Å². The molecule has 1 aromatic carbocycles. The predicted molar refractivity (Wildman–Crippen MR) is 78.6 cm³/mol. The lowest BCUT2D eigenvalue weighted by Gasteiger charge is -2.40. The molecule has 0 amide bonds. The average Bonchev–Trinajstić information content (AvgIpc) is 2.46. The van der Waals surface area contributed by atoms with Gasteiger partial charge >= 0.3 is 5.97 Å². The van der Waals surface area contributed by atoms with Gasteiger partial charge in [-0.25, -0.2) is 4.79 Å². The number of fused-ring (bicyclic) bond motifs is 1. The number of rotatable bonds is 5. The first-order chi connectivity index (χ1) is 10.2. The minimum Gasteiger partial charge on any atom is -0.476 e. The molecule has 1 fully saturated rings. The molecule has 0 spiro atoms. The van der Waals surface area contributed by atoms with E-state index < -0.39 is 5.97 Å². The van der Waals surface area contributed by atoms with Crippen LogP contribution in [-0.2, 0) is 4.74 Å². The molecule has 2 N–H and O–H groups in total. The molecule has 6 nitrogen and oxygen atoms in total. The number of anilines is 1. The molecule has 2 aromatic rings. The van der Waals surface area contributed by atoms with Crippen molar-refractivity contribution in [1.29, 1.82) is 0 Å². The number of aromatic nitrogens is 2. The maximum Gasteiger partial charge on any atom is 0.358 e. The van der Waals surface area contributed by atoms with Crippen LogP contribution in [0.4, 0.5) is 5.69 Å². The van der Waals surface area contributed by atoms with Crippen molar-refractivity contribution in [3.05, 3.63) is 30.0 Å². The quantitative estimate of drug-likeness (QED) is 0.878. The Morgan fingerprint density at radius 2 is 2.14 bits per heavy atom. The van der Waals surface area contributed by atoms with Crippen molar-refractivity contribution in [3.63, 3.8) is 0 Å². The zero-order chi connectivity index (χ0) is 14.9. The number of hydrogen-bond donors (Lipinski definition) is 2. The summed E-state index contributed by atoms with van der Waals surface area (Å²) in [5.74, 6) is -1.09. The van der Waals surface area contributed by atoms with E-state index in [1.54, 1.807) is 7.11 Å². The molecule has 1 heterocycles. The fraction of sp³-hybridized carbons (Fsp3) is 0.400. The summed E-state index contributed by atoms with van der Waals surface area (Å²) < 4.78 is 5.56. The Labute approximate surface area is 122 Å². The van der Waals surface area contributed by atoms with Gasteiger partial charge in [0.1, 0.15) is 0 Å². The normalized spacial score (nSPS) is 16.4. The summed E-state index contributed by atoms with van der Waals surface area (Å²) in [7, 11) is 1.70. The molecule has 1 saturated carbocycles. The highest BCUT2D eigenvalue weighted by Crippen LogP contribution is 2.36. The van der Waals surface area contributed by atoms with Crippen molar-refractivity contribution in [2.24, 2.45) is 0 Å². The van der Waals surface area contributed by atoms with Crippen molar-refractivity contribution < 1.29 is 14.6 Å². The van der Waals surface area contributed by atoms with Gasteiger partial charge in [-0.2, -0.15) is 0 Å². The Hall–Kier alpha value is -2.21. The third-order valence-electron chi connectivity index (χ3n) is 4.16. The molecule has 0 bridgehead atoms. The highest BCUT2D eigenvalue weighted by atomic mass is 16.5. The second kappa shape index (κ2) is 5.29. The molecule has 0 aliphatic heterocycles. The third kappa shape index (κ3) is 2.42. The highest BCUT2D eigenvalue weighted by molar-refractivity contribution is 6.02. The lowest BCUT2D eigenvalue weighted by molar-refractivity contribution is -0.0601. The maximum absolute atomic E-state index is 11.4. The van der Waals surface area contributed by atoms with E-state index >= 15 is 0 Å². The van der Waals surface area contributed by atoms with Crippen molar-refractivity contribution in [2.75, 3.05) is 19.0 Å². The molecule has 21 heavy (non-hydrogen) atoms. The lowest BCUT2D eigenvalue weighted by Crippen LogP contribution is -2.45. The van der Waals surface area contributed by atoms with Gasteiger partial charge in [-0.05, 0) is 25.3 Å². The van der Waals surface area contributed by atoms with Crippen LogP contribution in [0.15, 0.2) is 24.3 Å². The Kier molecular flexibility index (Phi) is 3.47. The number of carbonyl (C=O) groups is 1. The van der Waals surface area contributed by atoms with Crippen molar-refractivity contribution in [1.82, 2.24) is 10.2 Å². The van der Waals surface area contributed by atoms with Crippen molar-refractivity contribution >= 4 is 22.6 Å². The van der Waals surface area contributed by atoms with Gasteiger partial charge in [-0.3, -0.25) is 0 Å². The van der Waals surface area contributed by atoms with Crippen LogP contribution in [-0.4, -0.2) is 40.5 Å². The first kappa shape index (κ1) is 13.8. The summed E-state index contributed by atoms with van der Waals surface area (Å²) in [6.07, 6.45) is 3.10. The number of nitrogens with zero attached hydrogens (tertiary/aromatic N) is 2. The van der Waals surface area contributed by atoms with Crippen LogP contribution in [0, 0.1) is 0 Å². The summed E-state index contributed by atoms with van der Waals surface area (Å²) in [6, 6.07) is 7.37. The van der Waals surface area contributed by atoms with Gasteiger partial charge in [0.25, 0.3) is 0 Å². The summed E-state index contributed by atoms with van der Waals surface area (Å²) in [5.41, 5.74) is 0.931. The summed E-state index contributed by atoms with van der Waals surface area (Å²) in [4.78, 5) is 11.4. The summed E-state index contributed by atoms with van der Waals surface area (Å²) >= 11 is 0. The average molecular weight is 287 g/mol. The second-order valence-electron chi connectivity index (χ2n) is 5.34. The molecule has 0 radical (unpaired) electrons. The Bertz CT molecular complexity index is 677. The van der Waals surface area contributed by atoms with E-state index in [4.69, 9.17) is 4.74 Å². The molecule has 110 valence electrons. The number of ether oxygens (including phenoxy) is 1. The Morgan fingerprint density at radius 1 is 1.38 bits per heavy atom. The topological polar surface area (TPSA) is 84.3 Å². The summed E-state index contributed by atoms with van der Waals surface area (Å²) in [6.45, 7) is 0.569. The van der Waals surface area contributed by atoms with E-state index in [0.717, 1.165) is 24.6 Å². The van der Waals surface area contributed by atoms with Crippen molar-refractivity contribution in [2.45, 2.75) is 24.9 Å². The molecular weight excluding hydrogens is 270 g/mol. The van der Waals surface area contributed by atoms with Crippen LogP contribution in [0.2, 0.25) is 0 Å². The number of benzene rings is 1. The predicted octanol–water partition coefficient (Wildman–Crippen LogP) is 2.31. The second-order valence-corrected chi connectivity index (χ2v) is 5.34. The van der Waals surface area contributed by atoms with E-state index in [1.165, 1.54) is 0 Å². The molecule has 0 saturated heterocycles. The molecule has 6 heteroatoms. The number of nitrogens with one attached hydrogen (secondary N) is 1. The number of carboxylic acids is 1. The van der Waals surface area contributed by atoms with Crippen LogP contribution < -0.4 is 5.32 Å². The van der Waals surface area contributed by atoms with Crippen LogP contribution in [0.5, 0.6) is 0 Å². The van der Waals surface area contributed by atoms with Crippen LogP contribution in [0.3, 0.4) is 0 Å². The van der Waals surface area contributed by atoms with Gasteiger partial charge in [-0.1, -0.05) is 18.2 Å². The van der Waals surface area contributed by atoms with Gasteiger partial charge in [-0.15, -0.1) is 10.2 Å². The van der Waals surface area contributed by atoms with E-state index in [9.17, 15) is 9.90 Å². The number of hydrogen-bond acceptors (Lipinski definition) is 5. The third-order valence-corrected chi connectivity index (χ3v) is 4.16. The fourth-order valence-corrected chi connectivity index (χ4v) is 2.66. The first-order valence-electron chi connectivity index (χ1n) is 6.93. The molecular formula is C15H17N3O3. The minimum atomic E-state index is -1.09. The number of methoxy groups -OCH3 is 1. The van der Waals surface area contributed by atoms with Crippen molar-refractivity contribution in [3.8, 4) is 0 Å². The van der Waals surface area contributed by atoms with Gasteiger partial charge in [0.2, 0.25) is 0 Å². The molecule has 3 rings (SSSR count). The zero-order valence-electron chi connectivity index (χ0n) is 11.8. The maximum atomic E-state index is 11.4. The monoisotopic (exact) mass is 287 g/mol. The Balaban J connectivity index is 1.98. The minimum absolute atomic E-state index is 0.0562. The van der Waals surface area contributed by atoms with Gasteiger partial charge in [0.05, 0.1) is 16.8 Å². The van der Waals surface area contributed by atoms with Crippen LogP contribution in [0.1, 0.15) is 29.8 Å². The molecule has 1 aliphatic rings. The molecule has 0 unspecified atom stereocenters. The van der Waals surface area contributed by atoms with E-state index in [1.807, 2.05) is 24.3 Å². The Morgan fingerprint density at radius 3 is 2.76 bits per heavy atom. The smallest absolute Gasteiger partial charge is 0.358 e. The zero-order valence-corrected chi connectivity index (χ0v) is 11.8. The van der Waals surface area contributed by atoms with Gasteiger partial charge in [0, 0.05) is 19.0 Å². The fourth-order valence-electron chi connectivity index (χ4n) is 2.66. The largest absolute Gasteiger partial charge is 0.476 e.